The van der Waals surface area contributed by atoms with Crippen LogP contribution in [-0.2, 0) is 14.6 Å². The number of aliphatic hydroxyl groups excluding tert-OH is 1. The molecule has 1 amide bonds. The highest BCUT2D eigenvalue weighted by molar-refractivity contribution is 7.95. The molecule has 0 aliphatic carbocycles. The van der Waals surface area contributed by atoms with Crippen molar-refractivity contribution in [1.82, 2.24) is 9.80 Å². The quantitative estimate of drug-likeness (QED) is 0.429. The van der Waals surface area contributed by atoms with E-state index in [1.54, 1.807) is 24.3 Å². The molecule has 0 saturated carbocycles. The van der Waals surface area contributed by atoms with Crippen molar-refractivity contribution in [3.05, 3.63) is 69.8 Å². The molecule has 1 heterocycles. The van der Waals surface area contributed by atoms with Crippen LogP contribution in [0.3, 0.4) is 0 Å². The molecule has 7 nitrogen and oxygen atoms in total. The molecular formula is C25H32Cl2N2O5S. The number of aliphatic hydroxyl groups is 1. The second-order valence-corrected chi connectivity index (χ2v) is 10.4. The van der Waals surface area contributed by atoms with Gasteiger partial charge in [0.15, 0.2) is 5.76 Å². The Balaban J connectivity index is 0.00000432. The maximum Gasteiger partial charge on any atom is 0.290 e. The minimum absolute atomic E-state index is 0. The lowest BCUT2D eigenvalue weighted by Crippen LogP contribution is -2.38. The first-order valence-electron chi connectivity index (χ1n) is 11.4. The van der Waals surface area contributed by atoms with Gasteiger partial charge in [-0.3, -0.25) is 4.79 Å². The van der Waals surface area contributed by atoms with Gasteiger partial charge in [-0.05, 0) is 61.5 Å². The van der Waals surface area contributed by atoms with Crippen LogP contribution in [-0.4, -0.2) is 62.0 Å². The van der Waals surface area contributed by atoms with E-state index in [9.17, 15) is 18.3 Å². The van der Waals surface area contributed by atoms with Crippen LogP contribution in [0.5, 0.6) is 5.75 Å². The Bertz CT molecular complexity index is 1150. The molecule has 1 atom stereocenters. The molecule has 0 saturated heterocycles. The molecule has 2 aromatic rings. The molecule has 1 unspecified atom stereocenters. The molecule has 192 valence electrons. The summed E-state index contributed by atoms with van der Waals surface area (Å²) >= 11 is 5.94. The average Bonchev–Trinajstić information content (AvgIpc) is 3.09. The van der Waals surface area contributed by atoms with Gasteiger partial charge < -0.3 is 19.6 Å². The van der Waals surface area contributed by atoms with Crippen molar-refractivity contribution >= 4 is 39.8 Å². The highest BCUT2D eigenvalue weighted by Gasteiger charge is 2.46. The number of benzene rings is 2. The molecule has 0 fully saturated rings. The van der Waals surface area contributed by atoms with Gasteiger partial charge in [0, 0.05) is 18.1 Å². The van der Waals surface area contributed by atoms with E-state index in [1.807, 2.05) is 20.8 Å². The number of hydrogen-bond acceptors (Lipinski definition) is 6. The summed E-state index contributed by atoms with van der Waals surface area (Å²) in [7, 11) is -4.19. The average molecular weight is 544 g/mol. The van der Waals surface area contributed by atoms with Crippen LogP contribution >= 0.6 is 24.0 Å². The molecule has 1 aliphatic rings. The SMILES string of the molecule is CCCOc1cccc(C2C(S(=O)(=O)c3ccc(Cl)cc3)=C(O)C(=O)N2CCN(CC)CC)c1.Cl. The number of hydrogen-bond donors (Lipinski definition) is 1. The third-order valence-electron chi connectivity index (χ3n) is 5.87. The Morgan fingerprint density at radius 2 is 1.74 bits per heavy atom. The summed E-state index contributed by atoms with van der Waals surface area (Å²) in [6.07, 6.45) is 0.818. The minimum Gasteiger partial charge on any atom is -0.502 e. The first-order valence-corrected chi connectivity index (χ1v) is 13.3. The van der Waals surface area contributed by atoms with Gasteiger partial charge in [-0.2, -0.15) is 0 Å². The van der Waals surface area contributed by atoms with Crippen LogP contribution in [0.4, 0.5) is 0 Å². The third kappa shape index (κ3) is 6.30. The van der Waals surface area contributed by atoms with Gasteiger partial charge in [0.2, 0.25) is 9.84 Å². The summed E-state index contributed by atoms with van der Waals surface area (Å²) in [5, 5.41) is 11.2. The predicted octanol–water partition coefficient (Wildman–Crippen LogP) is 5.02. The maximum absolute atomic E-state index is 13.7. The van der Waals surface area contributed by atoms with Gasteiger partial charge in [-0.15, -0.1) is 12.4 Å². The van der Waals surface area contributed by atoms with E-state index in [0.29, 0.717) is 29.5 Å². The van der Waals surface area contributed by atoms with Gasteiger partial charge in [-0.1, -0.05) is 44.5 Å². The highest BCUT2D eigenvalue weighted by atomic mass is 35.5. The summed E-state index contributed by atoms with van der Waals surface area (Å²) < 4.78 is 33.1. The number of rotatable bonds is 11. The molecule has 3 rings (SSSR count). The predicted molar refractivity (Wildman–Crippen MR) is 140 cm³/mol. The van der Waals surface area contributed by atoms with Crippen LogP contribution in [0.2, 0.25) is 5.02 Å². The van der Waals surface area contributed by atoms with Crippen LogP contribution in [0.25, 0.3) is 0 Å². The van der Waals surface area contributed by atoms with Crippen molar-refractivity contribution in [1.29, 1.82) is 0 Å². The number of nitrogens with zero attached hydrogens (tertiary/aromatic N) is 2. The largest absolute Gasteiger partial charge is 0.502 e. The zero-order valence-electron chi connectivity index (χ0n) is 20.1. The number of halogens is 2. The molecule has 35 heavy (non-hydrogen) atoms. The molecule has 1 N–H and O–H groups in total. The highest BCUT2D eigenvalue weighted by Crippen LogP contribution is 2.43. The van der Waals surface area contributed by atoms with Crippen molar-refractivity contribution in [2.75, 3.05) is 32.8 Å². The van der Waals surface area contributed by atoms with Crippen LogP contribution in [0.1, 0.15) is 38.8 Å². The molecule has 0 bridgehead atoms. The lowest BCUT2D eigenvalue weighted by Gasteiger charge is -2.29. The van der Waals surface area contributed by atoms with Gasteiger partial charge >= 0.3 is 0 Å². The number of carbonyl (C=O) groups is 1. The number of sulfone groups is 1. The molecular weight excluding hydrogens is 511 g/mol. The van der Waals surface area contributed by atoms with E-state index < -0.39 is 27.5 Å². The van der Waals surface area contributed by atoms with E-state index >= 15 is 0 Å². The summed E-state index contributed by atoms with van der Waals surface area (Å²) in [5.41, 5.74) is 0.554. The summed E-state index contributed by atoms with van der Waals surface area (Å²) in [6.45, 7) is 8.93. The van der Waals surface area contributed by atoms with Crippen molar-refractivity contribution in [3.8, 4) is 5.75 Å². The van der Waals surface area contributed by atoms with Gasteiger partial charge in [-0.25, -0.2) is 8.42 Å². The monoisotopic (exact) mass is 542 g/mol. The Kier molecular flexibility index (Phi) is 10.5. The first kappa shape index (κ1) is 29.0. The summed E-state index contributed by atoms with van der Waals surface area (Å²) in [5.74, 6) is -0.880. The van der Waals surface area contributed by atoms with E-state index in [4.69, 9.17) is 16.3 Å². The number of amides is 1. The van der Waals surface area contributed by atoms with Crippen molar-refractivity contribution in [3.63, 3.8) is 0 Å². The molecule has 10 heteroatoms. The fraction of sp³-hybridized carbons (Fsp3) is 0.400. The maximum atomic E-state index is 13.7. The van der Waals surface area contributed by atoms with Crippen molar-refractivity contribution in [2.24, 2.45) is 0 Å². The van der Waals surface area contributed by atoms with Crippen LogP contribution in [0, 0.1) is 0 Å². The minimum atomic E-state index is -4.19. The molecule has 0 aromatic heterocycles. The van der Waals surface area contributed by atoms with Crippen molar-refractivity contribution in [2.45, 2.75) is 38.1 Å². The number of carbonyl (C=O) groups excluding carboxylic acids is 1. The summed E-state index contributed by atoms with van der Waals surface area (Å²) in [6, 6.07) is 11.7. The lowest BCUT2D eigenvalue weighted by molar-refractivity contribution is -0.129. The van der Waals surface area contributed by atoms with E-state index in [1.165, 1.54) is 29.2 Å². The first-order chi connectivity index (χ1) is 16.2. The Morgan fingerprint density at radius 1 is 1.09 bits per heavy atom. The van der Waals surface area contributed by atoms with E-state index in [-0.39, 0.29) is 28.8 Å². The Labute approximate surface area is 218 Å². The Hall–Kier alpha value is -2.26. The second-order valence-electron chi connectivity index (χ2n) is 8.02. The van der Waals surface area contributed by atoms with Crippen molar-refractivity contribution < 1.29 is 23.1 Å². The standard InChI is InChI=1S/C25H31ClN2O5S.ClH/c1-4-16-33-20-9-7-8-18(17-20)22-24(34(31,32)21-12-10-19(26)11-13-21)23(29)25(30)28(22)15-14-27(5-2)6-3;/h7-13,17,22,29H,4-6,14-16H2,1-3H3;1H. The van der Waals surface area contributed by atoms with Crippen LogP contribution in [0.15, 0.2) is 64.1 Å². The summed E-state index contributed by atoms with van der Waals surface area (Å²) in [4.78, 5) is 16.4. The smallest absolute Gasteiger partial charge is 0.290 e. The third-order valence-corrected chi connectivity index (χ3v) is 8.01. The zero-order valence-corrected chi connectivity index (χ0v) is 22.5. The fourth-order valence-electron chi connectivity index (χ4n) is 3.99. The fourth-order valence-corrected chi connectivity index (χ4v) is 5.76. The number of ether oxygens (including phenoxy) is 1. The Morgan fingerprint density at radius 3 is 2.34 bits per heavy atom. The molecule has 0 spiro atoms. The molecule has 2 aromatic carbocycles. The van der Waals surface area contributed by atoms with E-state index in [2.05, 4.69) is 4.90 Å². The van der Waals surface area contributed by atoms with Gasteiger partial charge in [0.05, 0.1) is 17.5 Å². The lowest BCUT2D eigenvalue weighted by atomic mass is 10.1. The van der Waals surface area contributed by atoms with Gasteiger partial charge in [0.1, 0.15) is 10.7 Å². The zero-order chi connectivity index (χ0) is 24.9. The van der Waals surface area contributed by atoms with Crippen LogP contribution < -0.4 is 4.74 Å². The van der Waals surface area contributed by atoms with E-state index in [0.717, 1.165) is 19.5 Å². The molecule has 0 radical (unpaired) electrons. The second kappa shape index (κ2) is 12.6. The topological polar surface area (TPSA) is 87.2 Å². The number of likely N-dealkylation sites (N-methyl/N-ethyl adjacent to an activating group) is 1. The van der Waals surface area contributed by atoms with Gasteiger partial charge in [0.25, 0.3) is 5.91 Å². The molecule has 1 aliphatic heterocycles. The normalized spacial score (nSPS) is 16.1.